The van der Waals surface area contributed by atoms with Crippen LogP contribution in [0.1, 0.15) is 62.5 Å². The van der Waals surface area contributed by atoms with Crippen molar-refractivity contribution in [2.45, 2.75) is 65.0 Å². The molecule has 2 fully saturated rings. The van der Waals surface area contributed by atoms with Gasteiger partial charge < -0.3 is 15.0 Å². The number of fused-ring (bicyclic) bond motifs is 1. The summed E-state index contributed by atoms with van der Waals surface area (Å²) in [5.41, 5.74) is 3.90. The number of halogens is 1. The zero-order valence-corrected chi connectivity index (χ0v) is 20.9. The quantitative estimate of drug-likeness (QED) is 0.528. The minimum atomic E-state index is -0.356. The average molecular weight is 480 g/mol. The van der Waals surface area contributed by atoms with Gasteiger partial charge in [0.05, 0.1) is 17.7 Å². The van der Waals surface area contributed by atoms with E-state index in [4.69, 9.17) is 4.74 Å². The highest BCUT2D eigenvalue weighted by Gasteiger charge is 2.29. The van der Waals surface area contributed by atoms with Gasteiger partial charge in [0.25, 0.3) is 5.91 Å². The van der Waals surface area contributed by atoms with E-state index < -0.39 is 0 Å². The van der Waals surface area contributed by atoms with Crippen molar-refractivity contribution in [3.05, 3.63) is 41.6 Å². The van der Waals surface area contributed by atoms with Gasteiger partial charge in [0.1, 0.15) is 29.1 Å². The number of H-pyrrole nitrogens is 1. The molecular formula is C27H34FN5O2. The molecule has 2 aliphatic rings. The summed E-state index contributed by atoms with van der Waals surface area (Å²) in [6.07, 6.45) is 5.58. The summed E-state index contributed by atoms with van der Waals surface area (Å²) in [4.78, 5) is 28.1. The van der Waals surface area contributed by atoms with Crippen LogP contribution in [0.5, 0.6) is 5.75 Å². The SMILES string of the molecule is Cc1[nH]c2c(-c3ccc(F)cc3OCC3CC3)ncnc2c1C(=O)NC1CCN(C(C)(C)C)CC1. The van der Waals surface area contributed by atoms with E-state index in [1.54, 1.807) is 6.07 Å². The fraction of sp³-hybridized carbons (Fsp3) is 0.519. The molecule has 1 aliphatic heterocycles. The molecule has 186 valence electrons. The monoisotopic (exact) mass is 479 g/mol. The molecule has 2 aromatic heterocycles. The number of benzene rings is 1. The lowest BCUT2D eigenvalue weighted by atomic mass is 9.98. The standard InChI is InChI=1S/C27H34FN5O2/c1-16-22(26(34)32-19-9-11-33(12-10-19)27(2,3)4)24-25(31-16)23(29-15-30-24)20-8-7-18(28)13-21(20)35-14-17-5-6-17/h7-8,13,15,17,19,31H,5-6,9-12,14H2,1-4H3,(H,32,34). The normalized spacial score (nSPS) is 17.6. The van der Waals surface area contributed by atoms with Gasteiger partial charge >= 0.3 is 0 Å². The molecule has 0 radical (unpaired) electrons. The van der Waals surface area contributed by atoms with Crippen LogP contribution in [-0.2, 0) is 0 Å². The molecule has 1 amide bonds. The molecule has 35 heavy (non-hydrogen) atoms. The van der Waals surface area contributed by atoms with Crippen molar-refractivity contribution < 1.29 is 13.9 Å². The Balaban J connectivity index is 1.41. The van der Waals surface area contributed by atoms with Crippen molar-refractivity contribution in [2.24, 2.45) is 5.92 Å². The molecule has 0 atom stereocenters. The smallest absolute Gasteiger partial charge is 0.255 e. The molecule has 8 heteroatoms. The third-order valence-corrected chi connectivity index (χ3v) is 7.15. The first kappa shape index (κ1) is 23.7. The highest BCUT2D eigenvalue weighted by atomic mass is 19.1. The van der Waals surface area contributed by atoms with Gasteiger partial charge in [0.2, 0.25) is 0 Å². The Kier molecular flexibility index (Phi) is 6.25. The van der Waals surface area contributed by atoms with E-state index in [1.165, 1.54) is 18.5 Å². The van der Waals surface area contributed by atoms with Crippen LogP contribution in [0.25, 0.3) is 22.3 Å². The fourth-order valence-electron chi connectivity index (χ4n) is 4.86. The second-order valence-corrected chi connectivity index (χ2v) is 10.9. The number of nitrogens with zero attached hydrogens (tertiary/aromatic N) is 3. The van der Waals surface area contributed by atoms with Gasteiger partial charge in [-0.25, -0.2) is 14.4 Å². The molecule has 1 aromatic carbocycles. The van der Waals surface area contributed by atoms with Gasteiger partial charge in [-0.15, -0.1) is 0 Å². The number of aromatic nitrogens is 3. The number of carbonyl (C=O) groups excluding carboxylic acids is 1. The predicted octanol–water partition coefficient (Wildman–Crippen LogP) is 4.85. The Morgan fingerprint density at radius 3 is 2.63 bits per heavy atom. The van der Waals surface area contributed by atoms with Gasteiger partial charge in [-0.05, 0) is 71.4 Å². The predicted molar refractivity (Wildman–Crippen MR) is 134 cm³/mol. The number of amides is 1. The van der Waals surface area contributed by atoms with Crippen LogP contribution in [-0.4, -0.2) is 57.0 Å². The second-order valence-electron chi connectivity index (χ2n) is 10.9. The van der Waals surface area contributed by atoms with Crippen molar-refractivity contribution >= 4 is 16.9 Å². The molecule has 1 saturated heterocycles. The lowest BCUT2D eigenvalue weighted by Crippen LogP contribution is -2.50. The summed E-state index contributed by atoms with van der Waals surface area (Å²) in [7, 11) is 0. The number of likely N-dealkylation sites (tertiary alicyclic amines) is 1. The van der Waals surface area contributed by atoms with E-state index in [0.29, 0.717) is 46.1 Å². The topological polar surface area (TPSA) is 83.1 Å². The largest absolute Gasteiger partial charge is 0.492 e. The highest BCUT2D eigenvalue weighted by molar-refractivity contribution is 6.09. The van der Waals surface area contributed by atoms with Crippen molar-refractivity contribution in [1.82, 2.24) is 25.2 Å². The number of hydrogen-bond acceptors (Lipinski definition) is 5. The van der Waals surface area contributed by atoms with E-state index in [9.17, 15) is 9.18 Å². The van der Waals surface area contributed by atoms with Crippen LogP contribution in [0.15, 0.2) is 24.5 Å². The van der Waals surface area contributed by atoms with Gasteiger partial charge in [-0.1, -0.05) is 0 Å². The summed E-state index contributed by atoms with van der Waals surface area (Å²) in [6.45, 7) is 11.0. The van der Waals surface area contributed by atoms with Gasteiger partial charge in [-0.2, -0.15) is 0 Å². The molecule has 0 spiro atoms. The first-order chi connectivity index (χ1) is 16.7. The number of hydrogen-bond donors (Lipinski definition) is 2. The van der Waals surface area contributed by atoms with Crippen molar-refractivity contribution in [3.63, 3.8) is 0 Å². The molecule has 1 saturated carbocycles. The third-order valence-electron chi connectivity index (χ3n) is 7.15. The van der Waals surface area contributed by atoms with Crippen molar-refractivity contribution in [1.29, 1.82) is 0 Å². The lowest BCUT2D eigenvalue weighted by Gasteiger charge is -2.41. The Bertz CT molecular complexity index is 1240. The van der Waals surface area contributed by atoms with Crippen LogP contribution in [0.4, 0.5) is 4.39 Å². The number of aromatic amines is 1. The summed E-state index contributed by atoms with van der Waals surface area (Å²) in [5.74, 6) is 0.512. The summed E-state index contributed by atoms with van der Waals surface area (Å²) >= 11 is 0. The van der Waals surface area contributed by atoms with Crippen LogP contribution in [0.2, 0.25) is 0 Å². The molecule has 0 bridgehead atoms. The number of ether oxygens (including phenoxy) is 1. The van der Waals surface area contributed by atoms with E-state index in [2.05, 4.69) is 45.9 Å². The lowest BCUT2D eigenvalue weighted by molar-refractivity contribution is 0.0813. The van der Waals surface area contributed by atoms with E-state index in [1.807, 2.05) is 6.92 Å². The number of aryl methyl sites for hydroxylation is 1. The summed E-state index contributed by atoms with van der Waals surface area (Å²) in [6, 6.07) is 4.61. The maximum atomic E-state index is 14.0. The average Bonchev–Trinajstić information content (AvgIpc) is 3.57. The maximum absolute atomic E-state index is 14.0. The highest BCUT2D eigenvalue weighted by Crippen LogP contribution is 2.36. The molecule has 5 rings (SSSR count). The first-order valence-corrected chi connectivity index (χ1v) is 12.5. The third kappa shape index (κ3) is 5.03. The van der Waals surface area contributed by atoms with Crippen LogP contribution >= 0.6 is 0 Å². The van der Waals surface area contributed by atoms with Crippen LogP contribution in [0, 0.1) is 18.7 Å². The maximum Gasteiger partial charge on any atom is 0.255 e. The number of rotatable bonds is 6. The van der Waals surface area contributed by atoms with E-state index in [-0.39, 0.29) is 23.3 Å². The molecule has 3 aromatic rings. The van der Waals surface area contributed by atoms with Gasteiger partial charge in [0, 0.05) is 42.0 Å². The van der Waals surface area contributed by atoms with Crippen molar-refractivity contribution in [3.8, 4) is 17.0 Å². The minimum Gasteiger partial charge on any atom is -0.492 e. The van der Waals surface area contributed by atoms with Crippen LogP contribution in [0.3, 0.4) is 0 Å². The number of nitrogens with one attached hydrogen (secondary N) is 2. The molecule has 0 unspecified atom stereocenters. The number of carbonyl (C=O) groups is 1. The second kappa shape index (κ2) is 9.22. The van der Waals surface area contributed by atoms with Crippen LogP contribution < -0.4 is 10.1 Å². The summed E-state index contributed by atoms with van der Waals surface area (Å²) < 4.78 is 20.0. The van der Waals surface area contributed by atoms with Crippen molar-refractivity contribution in [2.75, 3.05) is 19.7 Å². The fourth-order valence-corrected chi connectivity index (χ4v) is 4.86. The Morgan fingerprint density at radius 2 is 1.94 bits per heavy atom. The zero-order valence-electron chi connectivity index (χ0n) is 20.9. The van der Waals surface area contributed by atoms with E-state index >= 15 is 0 Å². The van der Waals surface area contributed by atoms with E-state index in [0.717, 1.165) is 44.5 Å². The van der Waals surface area contributed by atoms with Gasteiger partial charge in [0.15, 0.2) is 0 Å². The van der Waals surface area contributed by atoms with Gasteiger partial charge in [-0.3, -0.25) is 9.69 Å². The Morgan fingerprint density at radius 1 is 1.20 bits per heavy atom. The minimum absolute atomic E-state index is 0.128. The molecule has 3 heterocycles. The Hall–Kier alpha value is -3.00. The molecule has 7 nitrogen and oxygen atoms in total. The molecular weight excluding hydrogens is 445 g/mol. The molecule has 2 N–H and O–H groups in total. The first-order valence-electron chi connectivity index (χ1n) is 12.5. The number of piperidine rings is 1. The zero-order chi connectivity index (χ0) is 24.7. The Labute approximate surface area is 205 Å². The molecule has 1 aliphatic carbocycles. The summed E-state index contributed by atoms with van der Waals surface area (Å²) in [5, 5.41) is 3.22.